The van der Waals surface area contributed by atoms with E-state index in [0.29, 0.717) is 13.3 Å². The number of rotatable bonds is 8. The molecule has 0 bridgehead atoms. The molecule has 154 valence electrons. The van der Waals surface area contributed by atoms with E-state index in [4.69, 9.17) is 4.74 Å². The van der Waals surface area contributed by atoms with Gasteiger partial charge < -0.3 is 9.72 Å². The molecule has 0 saturated heterocycles. The van der Waals surface area contributed by atoms with E-state index >= 15 is 0 Å². The van der Waals surface area contributed by atoms with Gasteiger partial charge in [0.25, 0.3) is 0 Å². The minimum Gasteiger partial charge on any atom is -0.494 e. The van der Waals surface area contributed by atoms with Crippen LogP contribution in [0.25, 0.3) is 0 Å². The number of nitrogens with zero attached hydrogens (tertiary/aromatic N) is 1. The van der Waals surface area contributed by atoms with Gasteiger partial charge in [-0.3, -0.25) is 0 Å². The number of aryl methyl sites for hydroxylation is 2. The number of ether oxygens (including phenoxy) is 1. The first-order valence-electron chi connectivity index (χ1n) is 10.8. The summed E-state index contributed by atoms with van der Waals surface area (Å²) in [5.41, 5.74) is 5.02. The summed E-state index contributed by atoms with van der Waals surface area (Å²) in [6.45, 7) is 11.9. The van der Waals surface area contributed by atoms with E-state index in [-0.39, 0.29) is 0 Å². The van der Waals surface area contributed by atoms with Crippen LogP contribution in [0.4, 0.5) is 0 Å². The molecule has 3 rings (SSSR count). The number of para-hydroxylation sites is 1. The van der Waals surface area contributed by atoms with Crippen molar-refractivity contribution in [2.45, 2.75) is 53.8 Å². The van der Waals surface area contributed by atoms with Crippen LogP contribution >= 0.6 is 0 Å². The Labute approximate surface area is 177 Å². The molecular weight excluding hydrogens is 355 g/mol. The first-order chi connectivity index (χ1) is 14.0. The van der Waals surface area contributed by atoms with Gasteiger partial charge >= 0.3 is 0 Å². The van der Waals surface area contributed by atoms with Crippen LogP contribution < -0.4 is 15.7 Å². The molecule has 0 aliphatic rings. The van der Waals surface area contributed by atoms with Gasteiger partial charge in [-0.1, -0.05) is 81.1 Å². The van der Waals surface area contributed by atoms with Crippen molar-refractivity contribution in [2.24, 2.45) is 5.92 Å². The molecule has 4 heteroatoms. The quantitative estimate of drug-likeness (QED) is 0.549. The highest BCUT2D eigenvalue weighted by molar-refractivity contribution is 6.84. The molecule has 0 aliphatic carbocycles. The van der Waals surface area contributed by atoms with E-state index in [0.717, 1.165) is 23.8 Å². The topological polar surface area (TPSA) is 37.9 Å². The number of benzene rings is 2. The van der Waals surface area contributed by atoms with Gasteiger partial charge in [-0.15, -0.1) is 0 Å². The van der Waals surface area contributed by atoms with Crippen LogP contribution in [0.15, 0.2) is 60.9 Å². The number of aromatic amines is 1. The third kappa shape index (κ3) is 7.45. The Morgan fingerprint density at radius 3 is 2.34 bits per heavy atom. The summed E-state index contributed by atoms with van der Waals surface area (Å²) in [5, 5.41) is 0. The van der Waals surface area contributed by atoms with Crippen LogP contribution in [-0.2, 0) is 6.42 Å². The lowest BCUT2D eigenvalue weighted by Crippen LogP contribution is -2.39. The van der Waals surface area contributed by atoms with E-state index in [1.54, 1.807) is 6.33 Å². The van der Waals surface area contributed by atoms with Crippen molar-refractivity contribution in [2.75, 3.05) is 6.61 Å². The van der Waals surface area contributed by atoms with Gasteiger partial charge in [0.2, 0.25) is 6.71 Å². The molecule has 0 amide bonds. The highest BCUT2D eigenvalue weighted by Gasteiger charge is 2.16. The summed E-state index contributed by atoms with van der Waals surface area (Å²) >= 11 is 0. The molecule has 0 saturated carbocycles. The lowest BCUT2D eigenvalue weighted by atomic mass is 9.42. The first-order valence-corrected chi connectivity index (χ1v) is 10.8. The van der Waals surface area contributed by atoms with E-state index in [1.807, 2.05) is 25.1 Å². The van der Waals surface area contributed by atoms with E-state index < -0.39 is 0 Å². The van der Waals surface area contributed by atoms with Gasteiger partial charge in [-0.05, 0) is 44.1 Å². The lowest BCUT2D eigenvalue weighted by Gasteiger charge is -2.14. The zero-order valence-corrected chi connectivity index (χ0v) is 18.6. The number of hydrogen-bond acceptors (Lipinski definition) is 2. The highest BCUT2D eigenvalue weighted by Crippen LogP contribution is 2.10. The molecule has 1 N–H and O–H groups in total. The Morgan fingerprint density at radius 2 is 1.72 bits per heavy atom. The minimum absolute atomic E-state index is 0.360. The zero-order valence-electron chi connectivity index (χ0n) is 18.6. The fraction of sp³-hybridized carbons (Fsp3) is 0.400. The van der Waals surface area contributed by atoms with Crippen molar-refractivity contribution in [1.82, 2.24) is 9.97 Å². The maximum absolute atomic E-state index is 5.68. The number of H-pyrrole nitrogens is 1. The van der Waals surface area contributed by atoms with Crippen LogP contribution in [0, 0.1) is 12.8 Å². The molecule has 0 atom stereocenters. The lowest BCUT2D eigenvalue weighted by molar-refractivity contribution is 0.343. The highest BCUT2D eigenvalue weighted by atomic mass is 16.5. The molecule has 0 fully saturated rings. The number of hydrogen-bond donors (Lipinski definition) is 1. The second kappa shape index (κ2) is 12.2. The molecular formula is C25H35BN2O. The number of nitrogens with one attached hydrogen (secondary N) is 1. The van der Waals surface area contributed by atoms with Crippen LogP contribution in [0.1, 0.15) is 45.0 Å². The largest absolute Gasteiger partial charge is 0.494 e. The number of aromatic nitrogens is 2. The molecule has 29 heavy (non-hydrogen) atoms. The molecule has 1 heterocycles. The summed E-state index contributed by atoms with van der Waals surface area (Å²) in [4.78, 5) is 7.33. The van der Waals surface area contributed by atoms with Crippen molar-refractivity contribution in [1.29, 1.82) is 0 Å². The predicted molar refractivity (Wildman–Crippen MR) is 126 cm³/mol. The van der Waals surface area contributed by atoms with Crippen molar-refractivity contribution in [3.05, 3.63) is 72.3 Å². The Kier molecular flexibility index (Phi) is 9.56. The minimum atomic E-state index is 0.360. The molecule has 0 spiro atoms. The fourth-order valence-electron chi connectivity index (χ4n) is 3.38. The van der Waals surface area contributed by atoms with E-state index in [1.165, 1.54) is 29.5 Å². The van der Waals surface area contributed by atoms with E-state index in [2.05, 4.69) is 74.0 Å². The van der Waals surface area contributed by atoms with Gasteiger partial charge in [0.15, 0.2) is 0 Å². The standard InChI is InChI=1S/C15H17BO.C10H18N2/c1-3-17-15-12-8-7-11-14(15)16(2)13-9-5-4-6-10-13;1-8(2)5-4-6-10-9(3)11-7-12-10/h4-12H,3H2,1-2H3;7-8H,4-6H2,1-3H3,(H,11,12). The van der Waals surface area contributed by atoms with Gasteiger partial charge in [0.05, 0.1) is 18.6 Å². The molecule has 0 radical (unpaired) electrons. The Bertz CT molecular complexity index is 830. The van der Waals surface area contributed by atoms with Crippen LogP contribution in [0.5, 0.6) is 5.75 Å². The van der Waals surface area contributed by atoms with Crippen molar-refractivity contribution >= 4 is 17.6 Å². The first kappa shape index (κ1) is 22.8. The molecule has 0 aliphatic heterocycles. The normalized spacial score (nSPS) is 10.4. The predicted octanol–water partition coefficient (Wildman–Crippen LogP) is 5.02. The smallest absolute Gasteiger partial charge is 0.211 e. The van der Waals surface area contributed by atoms with Gasteiger partial charge in [0, 0.05) is 5.69 Å². The second-order valence-electron chi connectivity index (χ2n) is 7.86. The van der Waals surface area contributed by atoms with Gasteiger partial charge in [-0.2, -0.15) is 0 Å². The molecule has 3 nitrogen and oxygen atoms in total. The van der Waals surface area contributed by atoms with Crippen LogP contribution in [0.2, 0.25) is 6.82 Å². The summed E-state index contributed by atoms with van der Waals surface area (Å²) < 4.78 is 5.68. The third-order valence-electron chi connectivity index (χ3n) is 5.13. The summed E-state index contributed by atoms with van der Waals surface area (Å²) in [6, 6.07) is 18.8. The van der Waals surface area contributed by atoms with Gasteiger partial charge in [0.1, 0.15) is 5.75 Å². The fourth-order valence-corrected chi connectivity index (χ4v) is 3.38. The van der Waals surface area contributed by atoms with Crippen molar-refractivity contribution in [3.8, 4) is 5.75 Å². The van der Waals surface area contributed by atoms with E-state index in [9.17, 15) is 0 Å². The molecule has 2 aromatic carbocycles. The van der Waals surface area contributed by atoms with Crippen LogP contribution in [-0.4, -0.2) is 23.3 Å². The summed E-state index contributed by atoms with van der Waals surface area (Å²) in [6.07, 6.45) is 5.49. The Balaban J connectivity index is 0.000000221. The average Bonchev–Trinajstić information content (AvgIpc) is 3.14. The number of imidazole rings is 1. The third-order valence-corrected chi connectivity index (χ3v) is 5.13. The van der Waals surface area contributed by atoms with Gasteiger partial charge in [-0.25, -0.2) is 4.98 Å². The molecule has 3 aromatic rings. The summed E-state index contributed by atoms with van der Waals surface area (Å²) in [7, 11) is 0. The van der Waals surface area contributed by atoms with Crippen molar-refractivity contribution < 1.29 is 4.74 Å². The zero-order chi connectivity index (χ0) is 21.1. The SMILES string of the molecule is CCOc1ccccc1B(C)c1ccccc1.Cc1nc[nH]c1CCCC(C)C. The molecule has 0 unspecified atom stereocenters. The Hall–Kier alpha value is -2.49. The van der Waals surface area contributed by atoms with Crippen LogP contribution in [0.3, 0.4) is 0 Å². The maximum Gasteiger partial charge on any atom is 0.211 e. The monoisotopic (exact) mass is 390 g/mol. The maximum atomic E-state index is 5.68. The Morgan fingerprint density at radius 1 is 1.03 bits per heavy atom. The average molecular weight is 390 g/mol. The second-order valence-corrected chi connectivity index (χ2v) is 7.86. The molecule has 1 aromatic heterocycles. The van der Waals surface area contributed by atoms with Crippen molar-refractivity contribution in [3.63, 3.8) is 0 Å². The summed E-state index contributed by atoms with van der Waals surface area (Å²) in [5.74, 6) is 1.81.